The van der Waals surface area contributed by atoms with E-state index in [0.29, 0.717) is 12.6 Å². The van der Waals surface area contributed by atoms with Gasteiger partial charge in [0.15, 0.2) is 0 Å². The molecule has 2 N–H and O–H groups in total. The molecule has 0 bridgehead atoms. The second kappa shape index (κ2) is 6.50. The summed E-state index contributed by atoms with van der Waals surface area (Å²) in [6, 6.07) is 13.8. The maximum atomic E-state index is 12.4. The molecule has 4 nitrogen and oxygen atoms in total. The number of hydrogen-bond acceptors (Lipinski definition) is 3. The third kappa shape index (κ3) is 3.89. The smallest absolute Gasteiger partial charge is 0.241 e. The van der Waals surface area contributed by atoms with Crippen molar-refractivity contribution in [2.45, 2.75) is 31.5 Å². The molecule has 1 atom stereocenters. The minimum absolute atomic E-state index is 0.0487. The molecule has 1 amide bonds. The summed E-state index contributed by atoms with van der Waals surface area (Å²) in [5.41, 5.74) is 2.05. The van der Waals surface area contributed by atoms with E-state index >= 15 is 0 Å². The highest BCUT2D eigenvalue weighted by Gasteiger charge is 2.28. The maximum absolute atomic E-state index is 12.4. The van der Waals surface area contributed by atoms with Crippen LogP contribution in [0.15, 0.2) is 54.9 Å². The van der Waals surface area contributed by atoms with Crippen molar-refractivity contribution in [3.8, 4) is 0 Å². The summed E-state index contributed by atoms with van der Waals surface area (Å²) in [6.45, 7) is 0.617. The lowest BCUT2D eigenvalue weighted by Crippen LogP contribution is -2.38. The summed E-state index contributed by atoms with van der Waals surface area (Å²) < 4.78 is 0. The molecular weight excluding hydrogens is 262 g/mol. The van der Waals surface area contributed by atoms with Gasteiger partial charge >= 0.3 is 0 Å². The van der Waals surface area contributed by atoms with E-state index in [1.807, 2.05) is 48.7 Å². The Morgan fingerprint density at radius 1 is 1.19 bits per heavy atom. The molecule has 1 heterocycles. The number of hydrogen-bond donors (Lipinski definition) is 2. The van der Waals surface area contributed by atoms with E-state index in [1.54, 1.807) is 6.20 Å². The van der Waals surface area contributed by atoms with Crippen LogP contribution in [-0.2, 0) is 11.3 Å². The van der Waals surface area contributed by atoms with E-state index in [2.05, 4.69) is 15.6 Å². The summed E-state index contributed by atoms with van der Waals surface area (Å²) >= 11 is 0. The number of nitrogens with one attached hydrogen (secondary N) is 2. The second-order valence-electron chi connectivity index (χ2n) is 5.37. The van der Waals surface area contributed by atoms with Gasteiger partial charge in [-0.1, -0.05) is 36.4 Å². The van der Waals surface area contributed by atoms with Gasteiger partial charge < -0.3 is 5.32 Å². The molecule has 2 aromatic rings. The molecule has 1 aliphatic carbocycles. The summed E-state index contributed by atoms with van der Waals surface area (Å²) in [4.78, 5) is 16.5. The van der Waals surface area contributed by atoms with E-state index in [1.165, 1.54) is 0 Å². The first-order chi connectivity index (χ1) is 10.3. The average molecular weight is 281 g/mol. The zero-order valence-electron chi connectivity index (χ0n) is 11.8. The molecule has 0 radical (unpaired) electrons. The van der Waals surface area contributed by atoms with E-state index < -0.39 is 0 Å². The van der Waals surface area contributed by atoms with E-state index in [4.69, 9.17) is 0 Å². The van der Waals surface area contributed by atoms with Crippen molar-refractivity contribution in [1.82, 2.24) is 15.6 Å². The van der Waals surface area contributed by atoms with Crippen molar-refractivity contribution in [2.75, 3.05) is 0 Å². The van der Waals surface area contributed by atoms with Crippen molar-refractivity contribution in [3.63, 3.8) is 0 Å². The quantitative estimate of drug-likeness (QED) is 0.853. The number of pyridine rings is 1. The number of carbonyl (C=O) groups excluding carboxylic acids is 1. The number of aromatic nitrogens is 1. The predicted molar refractivity (Wildman–Crippen MR) is 81.4 cm³/mol. The van der Waals surface area contributed by atoms with Crippen molar-refractivity contribution < 1.29 is 4.79 Å². The third-order valence-electron chi connectivity index (χ3n) is 3.55. The molecular formula is C17H19N3O. The summed E-state index contributed by atoms with van der Waals surface area (Å²) in [5.74, 6) is 0.0487. The van der Waals surface area contributed by atoms with Gasteiger partial charge in [-0.05, 0) is 30.0 Å². The van der Waals surface area contributed by atoms with Crippen LogP contribution in [0.2, 0.25) is 0 Å². The number of carbonyl (C=O) groups is 1. The maximum Gasteiger partial charge on any atom is 0.241 e. The van der Waals surface area contributed by atoms with Crippen LogP contribution in [0.25, 0.3) is 0 Å². The van der Waals surface area contributed by atoms with E-state index in [9.17, 15) is 4.79 Å². The number of rotatable bonds is 6. The summed E-state index contributed by atoms with van der Waals surface area (Å²) in [5, 5.41) is 6.40. The Kier molecular flexibility index (Phi) is 4.26. The standard InChI is InChI=1S/C17H19N3O/c21-17(20-15-8-9-15)16(14-6-2-1-3-7-14)19-12-13-5-4-10-18-11-13/h1-7,10-11,15-16,19H,8-9,12H2,(H,20,21)/t16-/m0/s1. The lowest BCUT2D eigenvalue weighted by molar-refractivity contribution is -0.123. The van der Waals surface area contributed by atoms with Gasteiger partial charge in [0.2, 0.25) is 5.91 Å². The zero-order chi connectivity index (χ0) is 14.5. The zero-order valence-corrected chi connectivity index (χ0v) is 11.8. The Morgan fingerprint density at radius 2 is 2.00 bits per heavy atom. The highest BCUT2D eigenvalue weighted by atomic mass is 16.2. The van der Waals surface area contributed by atoms with Crippen LogP contribution < -0.4 is 10.6 Å². The van der Waals surface area contributed by atoms with Crippen molar-refractivity contribution >= 4 is 5.91 Å². The normalized spacial score (nSPS) is 15.4. The molecule has 1 aromatic heterocycles. The Balaban J connectivity index is 1.70. The molecule has 1 saturated carbocycles. The molecule has 0 unspecified atom stereocenters. The monoisotopic (exact) mass is 281 g/mol. The van der Waals surface area contributed by atoms with Gasteiger partial charge in [-0.25, -0.2) is 0 Å². The van der Waals surface area contributed by atoms with Crippen LogP contribution in [0.1, 0.15) is 30.0 Å². The van der Waals surface area contributed by atoms with Crippen LogP contribution >= 0.6 is 0 Å². The first kappa shape index (κ1) is 13.8. The Bertz CT molecular complexity index is 581. The van der Waals surface area contributed by atoms with E-state index in [-0.39, 0.29) is 11.9 Å². The molecule has 4 heteroatoms. The lowest BCUT2D eigenvalue weighted by atomic mass is 10.1. The van der Waals surface area contributed by atoms with Crippen molar-refractivity contribution in [2.24, 2.45) is 0 Å². The predicted octanol–water partition coefficient (Wildman–Crippen LogP) is 2.19. The van der Waals surface area contributed by atoms with Crippen LogP contribution in [0.3, 0.4) is 0 Å². The number of nitrogens with zero attached hydrogens (tertiary/aromatic N) is 1. The van der Waals surface area contributed by atoms with Crippen LogP contribution in [0.4, 0.5) is 0 Å². The second-order valence-corrected chi connectivity index (χ2v) is 5.37. The summed E-state index contributed by atoms with van der Waals surface area (Å²) in [7, 11) is 0. The molecule has 21 heavy (non-hydrogen) atoms. The Labute approximate surface area is 124 Å². The van der Waals surface area contributed by atoms with Gasteiger partial charge in [0.25, 0.3) is 0 Å². The molecule has 1 aromatic carbocycles. The number of amides is 1. The third-order valence-corrected chi connectivity index (χ3v) is 3.55. The molecule has 1 fully saturated rings. The largest absolute Gasteiger partial charge is 0.352 e. The van der Waals surface area contributed by atoms with Gasteiger partial charge in [-0.2, -0.15) is 0 Å². The fraction of sp³-hybridized carbons (Fsp3) is 0.294. The van der Waals surface area contributed by atoms with Gasteiger partial charge in [0.05, 0.1) is 0 Å². The van der Waals surface area contributed by atoms with Gasteiger partial charge in [-0.15, -0.1) is 0 Å². The van der Waals surface area contributed by atoms with Crippen LogP contribution in [0, 0.1) is 0 Å². The SMILES string of the molecule is O=C(NC1CC1)[C@@H](NCc1cccnc1)c1ccccc1. The minimum Gasteiger partial charge on any atom is -0.352 e. The molecule has 0 saturated heterocycles. The minimum atomic E-state index is -0.327. The van der Waals surface area contributed by atoms with Gasteiger partial charge in [0, 0.05) is 25.0 Å². The van der Waals surface area contributed by atoms with Crippen molar-refractivity contribution in [3.05, 3.63) is 66.0 Å². The Hall–Kier alpha value is -2.20. The molecule has 3 rings (SSSR count). The highest BCUT2D eigenvalue weighted by molar-refractivity contribution is 5.83. The topological polar surface area (TPSA) is 54.0 Å². The van der Waals surface area contributed by atoms with Crippen LogP contribution in [-0.4, -0.2) is 16.9 Å². The molecule has 1 aliphatic rings. The molecule has 108 valence electrons. The first-order valence-corrected chi connectivity index (χ1v) is 7.30. The Morgan fingerprint density at radius 3 is 2.67 bits per heavy atom. The highest BCUT2D eigenvalue weighted by Crippen LogP contribution is 2.21. The van der Waals surface area contributed by atoms with E-state index in [0.717, 1.165) is 24.0 Å². The molecule has 0 spiro atoms. The fourth-order valence-corrected chi connectivity index (χ4v) is 2.24. The first-order valence-electron chi connectivity index (χ1n) is 7.30. The molecule has 0 aliphatic heterocycles. The van der Waals surface area contributed by atoms with Gasteiger partial charge in [0.1, 0.15) is 6.04 Å². The summed E-state index contributed by atoms with van der Waals surface area (Å²) in [6.07, 6.45) is 5.75. The number of benzene rings is 1. The lowest BCUT2D eigenvalue weighted by Gasteiger charge is -2.19. The van der Waals surface area contributed by atoms with Crippen molar-refractivity contribution in [1.29, 1.82) is 0 Å². The average Bonchev–Trinajstić information content (AvgIpc) is 3.33. The van der Waals surface area contributed by atoms with Gasteiger partial charge in [-0.3, -0.25) is 15.1 Å². The fourth-order valence-electron chi connectivity index (χ4n) is 2.24. The van der Waals surface area contributed by atoms with Crippen LogP contribution in [0.5, 0.6) is 0 Å².